The van der Waals surface area contributed by atoms with Crippen molar-refractivity contribution in [1.82, 2.24) is 9.78 Å². The summed E-state index contributed by atoms with van der Waals surface area (Å²) in [5, 5.41) is 4.74. The van der Waals surface area contributed by atoms with Crippen molar-refractivity contribution in [2.45, 2.75) is 6.92 Å². The normalized spacial score (nSPS) is 10.3. The summed E-state index contributed by atoms with van der Waals surface area (Å²) in [5.74, 6) is 0.606. The fourth-order valence-electron chi connectivity index (χ4n) is 1.52. The molecule has 17 heavy (non-hydrogen) atoms. The van der Waals surface area contributed by atoms with Crippen molar-refractivity contribution in [1.29, 1.82) is 0 Å². The summed E-state index contributed by atoms with van der Waals surface area (Å²) >= 11 is 6.02. The lowest BCUT2D eigenvalue weighted by molar-refractivity contribution is 0.112. The number of carbonyl (C=O) groups is 1. The standard InChI is InChI=1S/C12H11ClN2O2/c1-8-9(7-16)6-15(14-8)10-3-4-12(17-2)11(13)5-10/h3-7H,1-2H3. The molecule has 88 valence electrons. The van der Waals surface area contributed by atoms with Crippen molar-refractivity contribution in [2.75, 3.05) is 7.11 Å². The van der Waals surface area contributed by atoms with Gasteiger partial charge in [0, 0.05) is 6.20 Å². The Kier molecular flexibility index (Phi) is 3.15. The maximum absolute atomic E-state index is 10.7. The quantitative estimate of drug-likeness (QED) is 0.787. The van der Waals surface area contributed by atoms with E-state index in [1.807, 2.05) is 6.07 Å². The van der Waals surface area contributed by atoms with Crippen LogP contribution in [0, 0.1) is 6.92 Å². The molecule has 0 unspecified atom stereocenters. The number of ether oxygens (including phenoxy) is 1. The zero-order chi connectivity index (χ0) is 12.4. The third kappa shape index (κ3) is 2.17. The van der Waals surface area contributed by atoms with Crippen LogP contribution in [0.5, 0.6) is 5.75 Å². The van der Waals surface area contributed by atoms with Crippen LogP contribution in [0.3, 0.4) is 0 Å². The number of nitrogens with zero attached hydrogens (tertiary/aromatic N) is 2. The fraction of sp³-hybridized carbons (Fsp3) is 0.167. The Morgan fingerprint density at radius 3 is 2.76 bits per heavy atom. The lowest BCUT2D eigenvalue weighted by Crippen LogP contribution is -1.95. The van der Waals surface area contributed by atoms with Crippen LogP contribution in [0.2, 0.25) is 5.02 Å². The molecule has 0 spiro atoms. The highest BCUT2D eigenvalue weighted by Crippen LogP contribution is 2.26. The van der Waals surface area contributed by atoms with E-state index in [1.165, 1.54) is 0 Å². The molecule has 0 saturated carbocycles. The molecule has 0 aliphatic carbocycles. The first kappa shape index (κ1) is 11.7. The van der Waals surface area contributed by atoms with E-state index >= 15 is 0 Å². The van der Waals surface area contributed by atoms with Gasteiger partial charge in [-0.05, 0) is 25.1 Å². The van der Waals surface area contributed by atoms with Gasteiger partial charge in [0.1, 0.15) is 5.75 Å². The average Bonchev–Trinajstić information content (AvgIpc) is 2.70. The number of methoxy groups -OCH3 is 1. The molecule has 0 bridgehead atoms. The van der Waals surface area contributed by atoms with Crippen LogP contribution in [-0.2, 0) is 0 Å². The van der Waals surface area contributed by atoms with Crippen molar-refractivity contribution in [3.63, 3.8) is 0 Å². The molecule has 2 aromatic rings. The van der Waals surface area contributed by atoms with Crippen LogP contribution in [0.1, 0.15) is 16.1 Å². The van der Waals surface area contributed by atoms with Crippen LogP contribution in [0.4, 0.5) is 0 Å². The molecule has 1 aromatic heterocycles. The van der Waals surface area contributed by atoms with Gasteiger partial charge in [-0.1, -0.05) is 11.6 Å². The SMILES string of the molecule is COc1ccc(-n2cc(C=O)c(C)n2)cc1Cl. The van der Waals surface area contributed by atoms with Gasteiger partial charge in [-0.15, -0.1) is 0 Å². The summed E-state index contributed by atoms with van der Waals surface area (Å²) in [6, 6.07) is 5.32. The third-order valence-electron chi connectivity index (χ3n) is 2.46. The minimum atomic E-state index is 0.505. The van der Waals surface area contributed by atoms with Gasteiger partial charge in [0.2, 0.25) is 0 Å². The van der Waals surface area contributed by atoms with Gasteiger partial charge in [0.05, 0.1) is 29.1 Å². The average molecular weight is 251 g/mol. The molecule has 0 radical (unpaired) electrons. The second-order valence-electron chi connectivity index (χ2n) is 3.55. The molecule has 0 fully saturated rings. The van der Waals surface area contributed by atoms with Crippen molar-refractivity contribution in [3.8, 4) is 11.4 Å². The van der Waals surface area contributed by atoms with E-state index in [1.54, 1.807) is 37.0 Å². The fourth-order valence-corrected chi connectivity index (χ4v) is 1.77. The van der Waals surface area contributed by atoms with E-state index < -0.39 is 0 Å². The second-order valence-corrected chi connectivity index (χ2v) is 3.96. The first-order chi connectivity index (χ1) is 8.15. The maximum atomic E-state index is 10.7. The van der Waals surface area contributed by atoms with Crippen LogP contribution >= 0.6 is 11.6 Å². The second kappa shape index (κ2) is 4.59. The largest absolute Gasteiger partial charge is 0.495 e. The van der Waals surface area contributed by atoms with Crippen LogP contribution in [-0.4, -0.2) is 23.2 Å². The number of aryl methyl sites for hydroxylation is 1. The van der Waals surface area contributed by atoms with E-state index in [9.17, 15) is 4.79 Å². The number of benzene rings is 1. The van der Waals surface area contributed by atoms with Crippen LogP contribution in [0.25, 0.3) is 5.69 Å². The topological polar surface area (TPSA) is 44.1 Å². The Bertz CT molecular complexity index is 564. The predicted molar refractivity (Wildman–Crippen MR) is 65.3 cm³/mol. The van der Waals surface area contributed by atoms with Crippen molar-refractivity contribution >= 4 is 17.9 Å². The highest BCUT2D eigenvalue weighted by atomic mass is 35.5. The molecule has 1 aromatic carbocycles. The van der Waals surface area contributed by atoms with Gasteiger partial charge in [-0.3, -0.25) is 4.79 Å². The molecule has 4 nitrogen and oxygen atoms in total. The Balaban J connectivity index is 2.45. The molecule has 2 rings (SSSR count). The first-order valence-electron chi connectivity index (χ1n) is 5.01. The summed E-state index contributed by atoms with van der Waals surface area (Å²) in [4.78, 5) is 10.7. The summed E-state index contributed by atoms with van der Waals surface area (Å²) in [5.41, 5.74) is 2.04. The molecule has 0 amide bonds. The molecule has 5 heteroatoms. The molecule has 0 atom stereocenters. The number of hydrogen-bond acceptors (Lipinski definition) is 3. The lowest BCUT2D eigenvalue weighted by Gasteiger charge is -2.05. The maximum Gasteiger partial charge on any atom is 0.153 e. The molecule has 1 heterocycles. The first-order valence-corrected chi connectivity index (χ1v) is 5.39. The van der Waals surface area contributed by atoms with Gasteiger partial charge in [0.15, 0.2) is 6.29 Å². The number of aldehydes is 1. The molecule has 0 saturated heterocycles. The number of carbonyl (C=O) groups excluding carboxylic acids is 1. The van der Waals surface area contributed by atoms with Gasteiger partial charge in [-0.2, -0.15) is 5.10 Å². The molecular weight excluding hydrogens is 240 g/mol. The number of halogens is 1. The van der Waals surface area contributed by atoms with E-state index in [4.69, 9.17) is 16.3 Å². The molecule has 0 N–H and O–H groups in total. The minimum absolute atomic E-state index is 0.505. The summed E-state index contributed by atoms with van der Waals surface area (Å²) in [7, 11) is 1.56. The predicted octanol–water partition coefficient (Wildman–Crippen LogP) is 2.66. The monoisotopic (exact) mass is 250 g/mol. The number of rotatable bonds is 3. The smallest absolute Gasteiger partial charge is 0.153 e. The van der Waals surface area contributed by atoms with Crippen LogP contribution < -0.4 is 4.74 Å². The van der Waals surface area contributed by atoms with Crippen molar-refractivity contribution in [3.05, 3.63) is 40.7 Å². The Morgan fingerprint density at radius 1 is 1.47 bits per heavy atom. The van der Waals surface area contributed by atoms with E-state index in [0.29, 0.717) is 22.0 Å². The van der Waals surface area contributed by atoms with Crippen molar-refractivity contribution in [2.24, 2.45) is 0 Å². The lowest BCUT2D eigenvalue weighted by atomic mass is 10.3. The highest BCUT2D eigenvalue weighted by molar-refractivity contribution is 6.32. The van der Waals surface area contributed by atoms with Crippen LogP contribution in [0.15, 0.2) is 24.4 Å². The van der Waals surface area contributed by atoms with E-state index in [-0.39, 0.29) is 0 Å². The number of aromatic nitrogens is 2. The van der Waals surface area contributed by atoms with Gasteiger partial charge < -0.3 is 4.74 Å². The summed E-state index contributed by atoms with van der Waals surface area (Å²) in [6.07, 6.45) is 2.45. The van der Waals surface area contributed by atoms with E-state index in [0.717, 1.165) is 12.0 Å². The number of hydrogen-bond donors (Lipinski definition) is 0. The highest BCUT2D eigenvalue weighted by Gasteiger charge is 2.07. The molecular formula is C12H11ClN2O2. The van der Waals surface area contributed by atoms with Gasteiger partial charge >= 0.3 is 0 Å². The van der Waals surface area contributed by atoms with Crippen molar-refractivity contribution < 1.29 is 9.53 Å². The Labute approximate surface area is 104 Å². The van der Waals surface area contributed by atoms with Gasteiger partial charge in [-0.25, -0.2) is 4.68 Å². The molecule has 0 aliphatic rings. The third-order valence-corrected chi connectivity index (χ3v) is 2.76. The van der Waals surface area contributed by atoms with Gasteiger partial charge in [0.25, 0.3) is 0 Å². The van der Waals surface area contributed by atoms with E-state index in [2.05, 4.69) is 5.10 Å². The molecule has 0 aliphatic heterocycles. The zero-order valence-corrected chi connectivity index (χ0v) is 10.2. The summed E-state index contributed by atoms with van der Waals surface area (Å²) in [6.45, 7) is 1.78. The zero-order valence-electron chi connectivity index (χ0n) is 9.48. The minimum Gasteiger partial charge on any atom is -0.495 e. The summed E-state index contributed by atoms with van der Waals surface area (Å²) < 4.78 is 6.68. The Morgan fingerprint density at radius 2 is 2.24 bits per heavy atom. The Hall–Kier alpha value is -1.81.